The van der Waals surface area contributed by atoms with Gasteiger partial charge >= 0.3 is 0 Å². The van der Waals surface area contributed by atoms with Gasteiger partial charge in [-0.1, -0.05) is 53.0 Å². The Bertz CT molecular complexity index is 497. The van der Waals surface area contributed by atoms with E-state index in [1.165, 1.54) is 0 Å². The Labute approximate surface area is 145 Å². The van der Waals surface area contributed by atoms with Crippen LogP contribution in [0, 0.1) is 0 Å². The first-order valence-corrected chi connectivity index (χ1v) is 8.33. The number of quaternary nitrogens is 1. The number of benzene rings is 1. The number of carbonyl (C=O) groups is 1. The third-order valence-corrected chi connectivity index (χ3v) is 4.27. The van der Waals surface area contributed by atoms with Crippen molar-refractivity contribution in [2.45, 2.75) is 36.0 Å². The van der Waals surface area contributed by atoms with Crippen LogP contribution in [0.3, 0.4) is 0 Å². The van der Waals surface area contributed by atoms with Crippen LogP contribution in [-0.4, -0.2) is 41.2 Å². The van der Waals surface area contributed by atoms with Gasteiger partial charge in [0.25, 0.3) is 9.70 Å². The van der Waals surface area contributed by atoms with Crippen LogP contribution in [0.1, 0.15) is 24.2 Å². The second-order valence-electron chi connectivity index (χ2n) is 5.64. The Kier molecular flexibility index (Phi) is 5.97. The molecular weight excluding hydrogens is 347 g/mol. The van der Waals surface area contributed by atoms with Crippen molar-refractivity contribution in [3.8, 4) is 0 Å². The molecule has 7 heteroatoms. The molecule has 122 valence electrons. The number of hydrogen-bond donors (Lipinski definition) is 2. The SMILES string of the molecule is C[C@@H]1C[NH+]([C@H](NC(=O)c2ccccc2)C(Cl)(Cl)Cl)C[C@@H](C)O1. The summed E-state index contributed by atoms with van der Waals surface area (Å²) in [5, 5.41) is 2.86. The van der Waals surface area contributed by atoms with E-state index in [0.717, 1.165) is 4.90 Å². The van der Waals surface area contributed by atoms with E-state index in [9.17, 15) is 4.79 Å². The van der Waals surface area contributed by atoms with Crippen LogP contribution in [0.4, 0.5) is 0 Å². The second kappa shape index (κ2) is 7.37. The van der Waals surface area contributed by atoms with E-state index in [2.05, 4.69) is 5.32 Å². The minimum Gasteiger partial charge on any atom is -0.364 e. The van der Waals surface area contributed by atoms with Crippen LogP contribution in [0.5, 0.6) is 0 Å². The lowest BCUT2D eigenvalue weighted by Gasteiger charge is -2.39. The third kappa shape index (κ3) is 4.74. The highest BCUT2D eigenvalue weighted by atomic mass is 35.6. The normalized spacial score (nSPS) is 27.2. The maximum Gasteiger partial charge on any atom is 0.262 e. The number of hydrogen-bond acceptors (Lipinski definition) is 2. The van der Waals surface area contributed by atoms with Crippen LogP contribution in [0.15, 0.2) is 30.3 Å². The van der Waals surface area contributed by atoms with Crippen molar-refractivity contribution in [3.05, 3.63) is 35.9 Å². The molecule has 1 amide bonds. The van der Waals surface area contributed by atoms with E-state index in [1.54, 1.807) is 24.3 Å². The van der Waals surface area contributed by atoms with Crippen LogP contribution < -0.4 is 10.2 Å². The molecule has 0 bridgehead atoms. The molecule has 22 heavy (non-hydrogen) atoms. The minimum absolute atomic E-state index is 0.0437. The van der Waals surface area contributed by atoms with Gasteiger partial charge in [-0.2, -0.15) is 0 Å². The molecule has 0 aromatic heterocycles. The summed E-state index contributed by atoms with van der Waals surface area (Å²) in [6.45, 7) is 5.28. The number of morpholine rings is 1. The summed E-state index contributed by atoms with van der Waals surface area (Å²) in [5.74, 6) is -0.253. The molecule has 1 heterocycles. The zero-order chi connectivity index (χ0) is 16.3. The highest BCUT2D eigenvalue weighted by molar-refractivity contribution is 6.68. The van der Waals surface area contributed by atoms with Gasteiger partial charge in [0.2, 0.25) is 6.17 Å². The van der Waals surface area contributed by atoms with E-state index in [1.807, 2.05) is 19.9 Å². The molecule has 1 saturated heterocycles. The molecule has 1 aromatic rings. The van der Waals surface area contributed by atoms with Crippen molar-refractivity contribution in [2.24, 2.45) is 0 Å². The molecule has 0 spiro atoms. The molecule has 1 aliphatic rings. The van der Waals surface area contributed by atoms with E-state index in [4.69, 9.17) is 39.5 Å². The fourth-order valence-corrected chi connectivity index (χ4v) is 3.40. The van der Waals surface area contributed by atoms with E-state index < -0.39 is 9.96 Å². The number of alkyl halides is 3. The Morgan fingerprint density at radius 2 is 1.77 bits per heavy atom. The first kappa shape index (κ1) is 17.8. The van der Waals surface area contributed by atoms with Crippen LogP contribution >= 0.6 is 34.8 Å². The van der Waals surface area contributed by atoms with Crippen LogP contribution in [0.2, 0.25) is 0 Å². The molecule has 1 aliphatic heterocycles. The lowest BCUT2D eigenvalue weighted by atomic mass is 10.2. The second-order valence-corrected chi connectivity index (χ2v) is 8.01. The fraction of sp³-hybridized carbons (Fsp3) is 0.533. The molecule has 2 N–H and O–H groups in total. The Hall–Kier alpha value is -0.520. The van der Waals surface area contributed by atoms with Gasteiger partial charge in [-0.25, -0.2) is 0 Å². The van der Waals surface area contributed by atoms with Crippen LogP contribution in [-0.2, 0) is 4.74 Å². The highest BCUT2D eigenvalue weighted by Crippen LogP contribution is 2.28. The number of ether oxygens (including phenoxy) is 1. The fourth-order valence-electron chi connectivity index (χ4n) is 2.77. The van der Waals surface area contributed by atoms with Crippen molar-refractivity contribution in [1.29, 1.82) is 0 Å². The zero-order valence-electron chi connectivity index (χ0n) is 12.5. The van der Waals surface area contributed by atoms with Crippen molar-refractivity contribution >= 4 is 40.7 Å². The van der Waals surface area contributed by atoms with E-state index in [0.29, 0.717) is 18.7 Å². The maximum atomic E-state index is 12.4. The van der Waals surface area contributed by atoms with Gasteiger partial charge in [0.1, 0.15) is 25.3 Å². The summed E-state index contributed by atoms with van der Waals surface area (Å²) in [4.78, 5) is 13.4. The smallest absolute Gasteiger partial charge is 0.262 e. The van der Waals surface area contributed by atoms with Gasteiger partial charge in [-0.3, -0.25) is 10.1 Å². The number of halogens is 3. The maximum absolute atomic E-state index is 12.4. The Morgan fingerprint density at radius 1 is 1.23 bits per heavy atom. The number of nitrogens with one attached hydrogen (secondary N) is 2. The predicted octanol–water partition coefficient (Wildman–Crippen LogP) is 1.80. The molecular formula is C15H20Cl3N2O2+. The molecule has 0 saturated carbocycles. The van der Waals surface area contributed by atoms with Crippen molar-refractivity contribution in [1.82, 2.24) is 5.32 Å². The predicted molar refractivity (Wildman–Crippen MR) is 88.7 cm³/mol. The molecule has 4 nitrogen and oxygen atoms in total. The first-order chi connectivity index (χ1) is 10.3. The lowest BCUT2D eigenvalue weighted by Crippen LogP contribution is -3.22. The number of amides is 1. The monoisotopic (exact) mass is 365 g/mol. The van der Waals surface area contributed by atoms with Gasteiger partial charge in [0.05, 0.1) is 0 Å². The number of carbonyl (C=O) groups excluding carboxylic acids is 1. The summed E-state index contributed by atoms with van der Waals surface area (Å²) in [6, 6.07) is 8.89. The van der Waals surface area contributed by atoms with Gasteiger partial charge in [0, 0.05) is 5.56 Å². The summed E-state index contributed by atoms with van der Waals surface area (Å²) >= 11 is 18.3. The summed E-state index contributed by atoms with van der Waals surface area (Å²) < 4.78 is 4.11. The standard InChI is InChI=1S/C15H19Cl3N2O2/c1-10-8-20(9-11(2)22-10)14(15(16,17)18)19-13(21)12-6-4-3-5-7-12/h3-7,10-11,14H,8-9H2,1-2H3,(H,19,21)/p+1/t10-,11-,14+/m1/s1. The van der Waals surface area contributed by atoms with E-state index in [-0.39, 0.29) is 18.1 Å². The Balaban J connectivity index is 2.15. The molecule has 0 radical (unpaired) electrons. The summed E-state index contributed by atoms with van der Waals surface area (Å²) in [7, 11) is 0. The highest BCUT2D eigenvalue weighted by Gasteiger charge is 2.44. The summed E-state index contributed by atoms with van der Waals surface area (Å²) in [5.41, 5.74) is 0.538. The molecule has 1 aromatic carbocycles. The topological polar surface area (TPSA) is 42.8 Å². The lowest BCUT2D eigenvalue weighted by molar-refractivity contribution is -0.941. The minimum atomic E-state index is -1.60. The third-order valence-electron chi connectivity index (χ3n) is 3.61. The summed E-state index contributed by atoms with van der Waals surface area (Å²) in [6.07, 6.45) is -0.552. The van der Waals surface area contributed by atoms with Gasteiger partial charge in [-0.05, 0) is 26.0 Å². The van der Waals surface area contributed by atoms with Gasteiger partial charge < -0.3 is 9.64 Å². The zero-order valence-corrected chi connectivity index (χ0v) is 14.8. The first-order valence-electron chi connectivity index (χ1n) is 7.20. The average molecular weight is 367 g/mol. The number of rotatable bonds is 3. The molecule has 0 aliphatic carbocycles. The molecule has 3 atom stereocenters. The molecule has 0 unspecified atom stereocenters. The largest absolute Gasteiger partial charge is 0.364 e. The van der Waals surface area contributed by atoms with Crippen molar-refractivity contribution < 1.29 is 14.4 Å². The molecule has 1 fully saturated rings. The average Bonchev–Trinajstić information content (AvgIpc) is 2.43. The quantitative estimate of drug-likeness (QED) is 0.801. The Morgan fingerprint density at radius 3 is 2.27 bits per heavy atom. The molecule has 2 rings (SSSR count). The van der Waals surface area contributed by atoms with Gasteiger partial charge in [-0.15, -0.1) is 0 Å². The van der Waals surface area contributed by atoms with E-state index >= 15 is 0 Å². The van der Waals surface area contributed by atoms with Crippen LogP contribution in [0.25, 0.3) is 0 Å². The van der Waals surface area contributed by atoms with Crippen molar-refractivity contribution in [3.63, 3.8) is 0 Å². The van der Waals surface area contributed by atoms with Crippen molar-refractivity contribution in [2.75, 3.05) is 13.1 Å². The van der Waals surface area contributed by atoms with Gasteiger partial charge in [0.15, 0.2) is 0 Å².